The van der Waals surface area contributed by atoms with Crippen LogP contribution in [-0.2, 0) is 9.47 Å². The van der Waals surface area contributed by atoms with Gasteiger partial charge in [-0.2, -0.15) is 0 Å². The predicted octanol–water partition coefficient (Wildman–Crippen LogP) is 2.23. The molecular weight excluding hydrogens is 304 g/mol. The molecule has 2 aliphatic rings. The molecule has 0 aromatic carbocycles. The van der Waals surface area contributed by atoms with E-state index in [-0.39, 0.29) is 17.7 Å². The molecule has 0 amide bonds. The normalized spacial score (nSPS) is 25.5. The zero-order valence-corrected chi connectivity index (χ0v) is 14.3. The molecule has 2 aromatic rings. The first kappa shape index (κ1) is 15.5. The smallest absolute Gasteiger partial charge is 0.180 e. The molecule has 0 bridgehead atoms. The number of hydrogen-bond acceptors (Lipinski definition) is 6. The van der Waals surface area contributed by atoms with Crippen LogP contribution in [0.15, 0.2) is 30.5 Å². The number of nitrogens with zero attached hydrogens (tertiary/aromatic N) is 4. The van der Waals surface area contributed by atoms with E-state index < -0.39 is 0 Å². The van der Waals surface area contributed by atoms with Gasteiger partial charge in [-0.3, -0.25) is 4.98 Å². The molecule has 6 heteroatoms. The van der Waals surface area contributed by atoms with Gasteiger partial charge in [0.25, 0.3) is 0 Å². The second kappa shape index (κ2) is 5.79. The number of fused-ring (bicyclic) bond motifs is 1. The third-order valence-corrected chi connectivity index (χ3v) is 4.45. The molecule has 2 saturated heterocycles. The molecule has 0 unspecified atom stereocenters. The van der Waals surface area contributed by atoms with E-state index in [0.717, 1.165) is 23.8 Å². The highest BCUT2D eigenvalue weighted by Gasteiger charge is 2.44. The average molecular weight is 326 g/mol. The van der Waals surface area contributed by atoms with Gasteiger partial charge < -0.3 is 14.4 Å². The van der Waals surface area contributed by atoms with Crippen molar-refractivity contribution in [2.45, 2.75) is 38.5 Å². The molecule has 0 spiro atoms. The molecule has 0 N–H and O–H groups in total. The zero-order chi connectivity index (χ0) is 16.7. The molecule has 4 rings (SSSR count). The molecule has 2 fully saturated rings. The second-order valence-corrected chi connectivity index (χ2v) is 7.05. The summed E-state index contributed by atoms with van der Waals surface area (Å²) in [5.41, 5.74) is 1.48. The Balaban J connectivity index is 1.74. The van der Waals surface area contributed by atoms with Gasteiger partial charge in [-0.05, 0) is 32.9 Å². The largest absolute Gasteiger partial charge is 0.376 e. The second-order valence-electron chi connectivity index (χ2n) is 7.05. The third kappa shape index (κ3) is 2.87. The number of ether oxygens (including phenoxy) is 2. The summed E-state index contributed by atoms with van der Waals surface area (Å²) in [6.45, 7) is 8.30. The molecule has 0 aliphatic carbocycles. The number of hydrogen-bond donors (Lipinski definition) is 0. The van der Waals surface area contributed by atoms with E-state index in [1.165, 1.54) is 0 Å². The summed E-state index contributed by atoms with van der Waals surface area (Å²) in [6.07, 6.45) is 1.85. The Morgan fingerprint density at radius 3 is 2.88 bits per heavy atom. The van der Waals surface area contributed by atoms with Crippen LogP contribution in [-0.4, -0.2) is 52.5 Å². The first-order valence-electron chi connectivity index (χ1n) is 8.31. The van der Waals surface area contributed by atoms with Crippen molar-refractivity contribution < 1.29 is 9.47 Å². The fourth-order valence-electron chi connectivity index (χ4n) is 3.46. The minimum atomic E-state index is -0.237. The first-order valence-corrected chi connectivity index (χ1v) is 8.31. The summed E-state index contributed by atoms with van der Waals surface area (Å²) in [5, 5.41) is 0. The molecule has 0 radical (unpaired) electrons. The number of anilines is 1. The van der Waals surface area contributed by atoms with Crippen molar-refractivity contribution in [1.82, 2.24) is 15.0 Å². The minimum Gasteiger partial charge on any atom is -0.376 e. The van der Waals surface area contributed by atoms with Gasteiger partial charge in [0.05, 0.1) is 24.9 Å². The highest BCUT2D eigenvalue weighted by atomic mass is 16.6. The van der Waals surface area contributed by atoms with E-state index in [4.69, 9.17) is 14.5 Å². The van der Waals surface area contributed by atoms with Crippen LogP contribution in [0.3, 0.4) is 0 Å². The fraction of sp³-hybridized carbons (Fsp3) is 0.500. The van der Waals surface area contributed by atoms with Crippen molar-refractivity contribution >= 4 is 5.82 Å². The molecule has 126 valence electrons. The summed E-state index contributed by atoms with van der Waals surface area (Å²) in [5.74, 6) is 1.57. The van der Waals surface area contributed by atoms with Gasteiger partial charge >= 0.3 is 0 Å². The quantitative estimate of drug-likeness (QED) is 0.843. The number of aromatic nitrogens is 3. The Bertz CT molecular complexity index is 735. The van der Waals surface area contributed by atoms with Crippen LogP contribution < -0.4 is 4.90 Å². The lowest BCUT2D eigenvalue weighted by atomic mass is 10.0. The van der Waals surface area contributed by atoms with Crippen molar-refractivity contribution in [1.29, 1.82) is 0 Å². The number of morpholine rings is 1. The molecular formula is C18H22N4O2. The van der Waals surface area contributed by atoms with Crippen molar-refractivity contribution in [2.75, 3.05) is 24.7 Å². The molecule has 4 heterocycles. The van der Waals surface area contributed by atoms with Gasteiger partial charge in [0, 0.05) is 24.5 Å². The summed E-state index contributed by atoms with van der Waals surface area (Å²) < 4.78 is 11.8. The van der Waals surface area contributed by atoms with Crippen molar-refractivity contribution in [3.63, 3.8) is 0 Å². The van der Waals surface area contributed by atoms with Crippen molar-refractivity contribution in [3.05, 3.63) is 36.2 Å². The van der Waals surface area contributed by atoms with Crippen LogP contribution in [0.5, 0.6) is 0 Å². The maximum Gasteiger partial charge on any atom is 0.180 e. The lowest BCUT2D eigenvalue weighted by Gasteiger charge is -2.45. The summed E-state index contributed by atoms with van der Waals surface area (Å²) in [7, 11) is 0. The van der Waals surface area contributed by atoms with Gasteiger partial charge in [-0.25, -0.2) is 9.97 Å². The van der Waals surface area contributed by atoms with Crippen LogP contribution in [0.1, 0.15) is 19.5 Å². The molecule has 2 aliphatic heterocycles. The van der Waals surface area contributed by atoms with Gasteiger partial charge in [0.2, 0.25) is 0 Å². The lowest BCUT2D eigenvalue weighted by Crippen LogP contribution is -2.58. The van der Waals surface area contributed by atoms with Crippen LogP contribution in [0, 0.1) is 6.92 Å². The van der Waals surface area contributed by atoms with E-state index >= 15 is 0 Å². The fourth-order valence-corrected chi connectivity index (χ4v) is 3.46. The Labute approximate surface area is 141 Å². The predicted molar refractivity (Wildman–Crippen MR) is 90.9 cm³/mol. The Hall–Kier alpha value is -2.05. The van der Waals surface area contributed by atoms with Crippen LogP contribution >= 0.6 is 0 Å². The number of pyridine rings is 1. The summed E-state index contributed by atoms with van der Waals surface area (Å²) in [6, 6.07) is 8.01. The Morgan fingerprint density at radius 1 is 1.21 bits per heavy atom. The van der Waals surface area contributed by atoms with E-state index in [2.05, 4.69) is 28.7 Å². The monoisotopic (exact) mass is 326 g/mol. The van der Waals surface area contributed by atoms with E-state index in [1.807, 2.05) is 31.2 Å². The molecule has 6 nitrogen and oxygen atoms in total. The lowest BCUT2D eigenvalue weighted by molar-refractivity contribution is -0.0925. The van der Waals surface area contributed by atoms with E-state index in [9.17, 15) is 0 Å². The van der Waals surface area contributed by atoms with Crippen molar-refractivity contribution in [3.8, 4) is 11.5 Å². The molecule has 2 atom stereocenters. The SMILES string of the molecule is Cc1cc(N2CC(C)(C)O[C@@H]3COC[C@H]32)nc(-c2ccccn2)n1. The Morgan fingerprint density at radius 2 is 2.08 bits per heavy atom. The van der Waals surface area contributed by atoms with E-state index in [0.29, 0.717) is 19.0 Å². The zero-order valence-electron chi connectivity index (χ0n) is 14.3. The number of rotatable bonds is 2. The maximum atomic E-state index is 6.17. The van der Waals surface area contributed by atoms with Crippen LogP contribution in [0.25, 0.3) is 11.5 Å². The first-order chi connectivity index (χ1) is 11.5. The molecule has 0 saturated carbocycles. The third-order valence-electron chi connectivity index (χ3n) is 4.45. The van der Waals surface area contributed by atoms with Gasteiger partial charge in [-0.15, -0.1) is 0 Å². The van der Waals surface area contributed by atoms with Crippen LogP contribution in [0.2, 0.25) is 0 Å². The van der Waals surface area contributed by atoms with Gasteiger partial charge in [-0.1, -0.05) is 6.07 Å². The topological polar surface area (TPSA) is 60.4 Å². The highest BCUT2D eigenvalue weighted by Crippen LogP contribution is 2.33. The van der Waals surface area contributed by atoms with Gasteiger partial charge in [0.1, 0.15) is 17.6 Å². The summed E-state index contributed by atoms with van der Waals surface area (Å²) in [4.78, 5) is 16.0. The van der Waals surface area contributed by atoms with E-state index in [1.54, 1.807) is 6.20 Å². The van der Waals surface area contributed by atoms with Crippen molar-refractivity contribution in [2.24, 2.45) is 0 Å². The average Bonchev–Trinajstić information content (AvgIpc) is 3.01. The number of aryl methyl sites for hydroxylation is 1. The Kier molecular flexibility index (Phi) is 3.73. The standard InChI is InChI=1S/C18H22N4O2/c1-12-8-16(21-17(20-12)13-6-4-5-7-19-13)22-11-18(2,3)24-15-10-23-9-14(15)22/h4-8,14-15H,9-11H2,1-3H3/t14-,15-/m1/s1. The molecule has 2 aromatic heterocycles. The van der Waals surface area contributed by atoms with Crippen LogP contribution in [0.4, 0.5) is 5.82 Å². The van der Waals surface area contributed by atoms with Gasteiger partial charge in [0.15, 0.2) is 5.82 Å². The maximum absolute atomic E-state index is 6.17. The highest BCUT2D eigenvalue weighted by molar-refractivity contribution is 5.54. The molecule has 24 heavy (non-hydrogen) atoms. The summed E-state index contributed by atoms with van der Waals surface area (Å²) >= 11 is 0. The minimum absolute atomic E-state index is 0.0855.